The van der Waals surface area contributed by atoms with Gasteiger partial charge in [-0.05, 0) is 43.4 Å². The Morgan fingerprint density at radius 1 is 1.47 bits per heavy atom. The van der Waals surface area contributed by atoms with Crippen molar-refractivity contribution in [3.05, 3.63) is 23.8 Å². The summed E-state index contributed by atoms with van der Waals surface area (Å²) in [7, 11) is 1.94. The molecule has 1 aromatic carbocycles. The van der Waals surface area contributed by atoms with Crippen LogP contribution in [-0.4, -0.2) is 12.8 Å². The Morgan fingerprint density at radius 3 is 2.93 bits per heavy atom. The second-order valence-electron chi connectivity index (χ2n) is 4.18. The topological polar surface area (TPSA) is 24.4 Å². The normalized spacial score (nSPS) is 19.4. The second-order valence-corrected chi connectivity index (χ2v) is 4.18. The van der Waals surface area contributed by atoms with Crippen LogP contribution in [0.15, 0.2) is 23.2 Å². The Bertz CT molecular complexity index is 394. The van der Waals surface area contributed by atoms with Gasteiger partial charge in [0, 0.05) is 18.4 Å². The third-order valence-corrected chi connectivity index (χ3v) is 3.10. The summed E-state index contributed by atoms with van der Waals surface area (Å²) in [4.78, 5) is 4.63. The third-order valence-electron chi connectivity index (χ3n) is 3.10. The molecule has 1 aliphatic heterocycles. The molecule has 2 heteroatoms. The Morgan fingerprint density at radius 2 is 2.27 bits per heavy atom. The van der Waals surface area contributed by atoms with E-state index in [2.05, 4.69) is 42.4 Å². The third kappa shape index (κ3) is 1.89. The number of fused-ring (bicyclic) bond motifs is 1. The van der Waals surface area contributed by atoms with Gasteiger partial charge >= 0.3 is 0 Å². The lowest BCUT2D eigenvalue weighted by atomic mass is 9.88. The lowest BCUT2D eigenvalue weighted by molar-refractivity contribution is 0.682. The molecule has 2 rings (SSSR count). The number of hydrogen-bond acceptors (Lipinski definition) is 2. The van der Waals surface area contributed by atoms with Crippen LogP contribution in [-0.2, 0) is 0 Å². The van der Waals surface area contributed by atoms with Gasteiger partial charge in [-0.25, -0.2) is 0 Å². The van der Waals surface area contributed by atoms with Gasteiger partial charge in [-0.15, -0.1) is 0 Å². The molecule has 0 aliphatic carbocycles. The smallest absolute Gasteiger partial charge is 0.0684 e. The summed E-state index contributed by atoms with van der Waals surface area (Å²) in [6, 6.07) is 6.49. The Kier molecular flexibility index (Phi) is 2.76. The molecule has 0 saturated heterocycles. The van der Waals surface area contributed by atoms with Gasteiger partial charge in [0.1, 0.15) is 0 Å². The quantitative estimate of drug-likeness (QED) is 0.776. The van der Waals surface area contributed by atoms with Crippen LogP contribution in [0, 0.1) is 0 Å². The van der Waals surface area contributed by atoms with Crippen LogP contribution in [0.2, 0.25) is 0 Å². The highest BCUT2D eigenvalue weighted by atomic mass is 14.8. The molecule has 0 saturated carbocycles. The van der Waals surface area contributed by atoms with E-state index in [9.17, 15) is 0 Å². The molecule has 1 unspecified atom stereocenters. The number of anilines is 1. The Balaban J connectivity index is 2.47. The molecular weight excluding hydrogens is 184 g/mol. The molecule has 80 valence electrons. The molecule has 0 bridgehead atoms. The maximum Gasteiger partial charge on any atom is 0.0684 e. The first-order valence-corrected chi connectivity index (χ1v) is 5.60. The Hall–Kier alpha value is -1.31. The molecule has 0 amide bonds. The van der Waals surface area contributed by atoms with Crippen molar-refractivity contribution in [1.82, 2.24) is 0 Å². The van der Waals surface area contributed by atoms with E-state index in [0.717, 1.165) is 17.8 Å². The SMILES string of the molecule is CCC1CC(C)=Nc2cc(NC)ccc21. The summed E-state index contributed by atoms with van der Waals surface area (Å²) in [5, 5.41) is 3.16. The minimum Gasteiger partial charge on any atom is -0.388 e. The molecule has 1 aromatic rings. The van der Waals surface area contributed by atoms with Gasteiger partial charge in [-0.1, -0.05) is 13.0 Å². The first kappa shape index (κ1) is 10.2. The van der Waals surface area contributed by atoms with E-state index in [1.165, 1.54) is 17.7 Å². The molecule has 1 heterocycles. The van der Waals surface area contributed by atoms with Gasteiger partial charge in [0.15, 0.2) is 0 Å². The molecule has 2 nitrogen and oxygen atoms in total. The van der Waals surface area contributed by atoms with Crippen LogP contribution in [0.3, 0.4) is 0 Å². The Labute approximate surface area is 91.4 Å². The zero-order chi connectivity index (χ0) is 10.8. The molecule has 1 N–H and O–H groups in total. The van der Waals surface area contributed by atoms with Crippen molar-refractivity contribution in [2.75, 3.05) is 12.4 Å². The van der Waals surface area contributed by atoms with Gasteiger partial charge in [0.05, 0.1) is 5.69 Å². The van der Waals surface area contributed by atoms with E-state index in [4.69, 9.17) is 0 Å². The van der Waals surface area contributed by atoms with E-state index in [1.54, 1.807) is 0 Å². The number of nitrogens with one attached hydrogen (secondary N) is 1. The lowest BCUT2D eigenvalue weighted by Crippen LogP contribution is -2.09. The highest BCUT2D eigenvalue weighted by molar-refractivity contribution is 5.88. The maximum absolute atomic E-state index is 4.63. The number of benzene rings is 1. The average Bonchev–Trinajstić information content (AvgIpc) is 2.26. The molecule has 0 fully saturated rings. The largest absolute Gasteiger partial charge is 0.388 e. The first-order valence-electron chi connectivity index (χ1n) is 5.60. The maximum atomic E-state index is 4.63. The van der Waals surface area contributed by atoms with Crippen molar-refractivity contribution in [2.45, 2.75) is 32.6 Å². The van der Waals surface area contributed by atoms with Crippen molar-refractivity contribution in [3.63, 3.8) is 0 Å². The van der Waals surface area contributed by atoms with Crippen molar-refractivity contribution >= 4 is 17.1 Å². The van der Waals surface area contributed by atoms with Crippen LogP contribution in [0.4, 0.5) is 11.4 Å². The molecule has 15 heavy (non-hydrogen) atoms. The second kappa shape index (κ2) is 4.05. The van der Waals surface area contributed by atoms with Gasteiger partial charge in [0.25, 0.3) is 0 Å². The summed E-state index contributed by atoms with van der Waals surface area (Å²) in [5.41, 5.74) is 4.95. The highest BCUT2D eigenvalue weighted by Gasteiger charge is 2.19. The fourth-order valence-corrected chi connectivity index (χ4v) is 2.22. The highest BCUT2D eigenvalue weighted by Crippen LogP contribution is 2.37. The van der Waals surface area contributed by atoms with Crippen molar-refractivity contribution in [2.24, 2.45) is 4.99 Å². The van der Waals surface area contributed by atoms with Crippen LogP contribution in [0.5, 0.6) is 0 Å². The average molecular weight is 202 g/mol. The van der Waals surface area contributed by atoms with E-state index in [-0.39, 0.29) is 0 Å². The lowest BCUT2D eigenvalue weighted by Gasteiger charge is -2.22. The number of aliphatic imine (C=N–C) groups is 1. The number of rotatable bonds is 2. The fraction of sp³-hybridized carbons (Fsp3) is 0.462. The van der Waals surface area contributed by atoms with Gasteiger partial charge in [-0.3, -0.25) is 4.99 Å². The van der Waals surface area contributed by atoms with E-state index in [0.29, 0.717) is 5.92 Å². The van der Waals surface area contributed by atoms with E-state index in [1.807, 2.05) is 7.05 Å². The number of hydrogen-bond donors (Lipinski definition) is 1. The summed E-state index contributed by atoms with van der Waals surface area (Å²) in [6.07, 6.45) is 2.31. The zero-order valence-electron chi connectivity index (χ0n) is 9.67. The van der Waals surface area contributed by atoms with E-state index >= 15 is 0 Å². The molecule has 0 spiro atoms. The minimum atomic E-state index is 0.656. The molecular formula is C13H18N2. The first-order chi connectivity index (χ1) is 7.24. The van der Waals surface area contributed by atoms with Gasteiger partial charge < -0.3 is 5.32 Å². The predicted molar refractivity (Wildman–Crippen MR) is 66.4 cm³/mol. The van der Waals surface area contributed by atoms with Crippen molar-refractivity contribution in [3.8, 4) is 0 Å². The zero-order valence-corrected chi connectivity index (χ0v) is 9.67. The summed E-state index contributed by atoms with van der Waals surface area (Å²) < 4.78 is 0. The molecule has 0 aromatic heterocycles. The summed E-state index contributed by atoms with van der Waals surface area (Å²) in [5.74, 6) is 0.656. The van der Waals surface area contributed by atoms with Crippen LogP contribution in [0.1, 0.15) is 38.2 Å². The van der Waals surface area contributed by atoms with Gasteiger partial charge in [0.2, 0.25) is 0 Å². The molecule has 0 radical (unpaired) electrons. The van der Waals surface area contributed by atoms with Crippen LogP contribution >= 0.6 is 0 Å². The monoisotopic (exact) mass is 202 g/mol. The van der Waals surface area contributed by atoms with Crippen LogP contribution < -0.4 is 5.32 Å². The fourth-order valence-electron chi connectivity index (χ4n) is 2.22. The minimum absolute atomic E-state index is 0.656. The van der Waals surface area contributed by atoms with Crippen LogP contribution in [0.25, 0.3) is 0 Å². The van der Waals surface area contributed by atoms with E-state index < -0.39 is 0 Å². The summed E-state index contributed by atoms with van der Waals surface area (Å²) >= 11 is 0. The predicted octanol–water partition coefficient (Wildman–Crippen LogP) is 3.72. The van der Waals surface area contributed by atoms with Gasteiger partial charge in [-0.2, -0.15) is 0 Å². The van der Waals surface area contributed by atoms with Crippen molar-refractivity contribution < 1.29 is 0 Å². The van der Waals surface area contributed by atoms with Crippen molar-refractivity contribution in [1.29, 1.82) is 0 Å². The summed E-state index contributed by atoms with van der Waals surface area (Å²) in [6.45, 7) is 4.37. The number of nitrogens with zero attached hydrogens (tertiary/aromatic N) is 1. The standard InChI is InChI=1S/C13H18N2/c1-4-10-7-9(2)15-13-8-11(14-3)5-6-12(10)13/h5-6,8,10,14H,4,7H2,1-3H3. The molecule has 1 atom stereocenters. The molecule has 1 aliphatic rings.